The summed E-state index contributed by atoms with van der Waals surface area (Å²) in [6.07, 6.45) is -28.3. The van der Waals surface area contributed by atoms with Gasteiger partial charge >= 0.3 is 5.97 Å². The molecule has 66 heavy (non-hydrogen) atoms. The first-order valence-electron chi connectivity index (χ1n) is 20.6. The highest BCUT2D eigenvalue weighted by atomic mass is 16.7. The number of esters is 1. The quantitative estimate of drug-likeness (QED) is 0.0658. The smallest absolute Gasteiger partial charge is 0.307 e. The number of phenolic OH excluding ortho intramolecular Hbond substituents is 3. The Morgan fingerprint density at radius 2 is 1.33 bits per heavy atom. The zero-order chi connectivity index (χ0) is 47.5. The molecule has 8 rings (SSSR count). The van der Waals surface area contributed by atoms with E-state index in [-0.39, 0.29) is 28.3 Å². The Labute approximate surface area is 371 Å². The van der Waals surface area contributed by atoms with Crippen LogP contribution in [0.5, 0.6) is 17.2 Å². The van der Waals surface area contributed by atoms with Gasteiger partial charge in [0, 0.05) is 17.7 Å². The minimum atomic E-state index is -2.15. The molecule has 3 aromatic carbocycles. The number of aliphatic hydroxyl groups is 10. The highest BCUT2D eigenvalue weighted by Crippen LogP contribution is 2.47. The van der Waals surface area contributed by atoms with Gasteiger partial charge in [-0.3, -0.25) is 19.3 Å². The molecule has 0 spiro atoms. The van der Waals surface area contributed by atoms with Gasteiger partial charge in [0.1, 0.15) is 120 Å². The lowest BCUT2D eigenvalue weighted by atomic mass is 9.89. The van der Waals surface area contributed by atoms with Crippen molar-refractivity contribution in [2.75, 3.05) is 24.7 Å². The van der Waals surface area contributed by atoms with Gasteiger partial charge in [0.25, 0.3) is 0 Å². The lowest BCUT2D eigenvalue weighted by molar-refractivity contribution is -0.342. The van der Waals surface area contributed by atoms with Gasteiger partial charge in [0.15, 0.2) is 17.9 Å². The number of anilines is 1. The molecule has 0 saturated carbocycles. The number of fused-ring (bicyclic) bond motifs is 2. The second-order valence-corrected chi connectivity index (χ2v) is 16.4. The number of ether oxygens (including phenoxy) is 5. The van der Waals surface area contributed by atoms with Gasteiger partial charge in [-0.05, 0) is 35.9 Å². The third-order valence-corrected chi connectivity index (χ3v) is 12.3. The Kier molecular flexibility index (Phi) is 13.4. The SMILES string of the molecule is O=C(CC1C(=O)N([C@@H]2O[C@H](CO)[C@@H](O)[C@H](O)[C@H]2O)c2ccccc21)OC[C@H]1O[C@@H](c2c(O)cc3oc(-c4ccc(O)cc4)cc(=O)c3c2O)[C@H](O[C@@H]2O[C@H](CO)[C@@H](O)[C@H](O)[C@H]2O)[C@@H](O)[C@@H]1O. The van der Waals surface area contributed by atoms with E-state index >= 15 is 0 Å². The number of carbonyl (C=O) groups excluding carboxylic acids is 2. The van der Waals surface area contributed by atoms with Crippen LogP contribution < -0.4 is 10.3 Å². The Bertz CT molecular complexity index is 2480. The summed E-state index contributed by atoms with van der Waals surface area (Å²) in [5.41, 5.74) is -1.06. The molecule has 13 N–H and O–H groups in total. The number of hydrogen-bond acceptors (Lipinski definition) is 22. The summed E-state index contributed by atoms with van der Waals surface area (Å²) in [5, 5.41) is 138. The summed E-state index contributed by atoms with van der Waals surface area (Å²) in [6.45, 7) is -2.54. The molecule has 1 aromatic heterocycles. The van der Waals surface area contributed by atoms with E-state index in [1.807, 2.05) is 0 Å². The molecule has 3 fully saturated rings. The number of aliphatic hydroxyl groups excluding tert-OH is 10. The molecule has 356 valence electrons. The van der Waals surface area contributed by atoms with Crippen molar-refractivity contribution in [3.8, 4) is 28.6 Å². The fourth-order valence-corrected chi connectivity index (χ4v) is 8.73. The lowest BCUT2D eigenvalue weighted by Crippen LogP contribution is -2.64. The standard InChI is InChI=1S/C43H47NO22/c45-12-24-30(51)34(55)37(58)42(64-24)44-19-4-2-1-3-17(19)18(41(44)60)9-27(50)61-14-26-32(53)36(57)40(66-43-38(59)35(56)31(52)25(13-46)65-43)39(63-26)29-21(49)11-23-28(33(29)54)20(48)10-22(62-23)15-5-7-16(47)8-6-15/h1-8,10-11,18,24-26,30-32,34-40,42-43,45-47,49,51-59H,9,12-14H2/t18?,24-,25-,26-,30-,31-,32-,34+,35+,36+,37-,38-,39+,40-,42-,43+/m1/s1. The van der Waals surface area contributed by atoms with Crippen molar-refractivity contribution in [2.45, 2.75) is 104 Å². The van der Waals surface area contributed by atoms with Crippen LogP contribution in [-0.4, -0.2) is 184 Å². The highest BCUT2D eigenvalue weighted by Gasteiger charge is 2.54. The Morgan fingerprint density at radius 3 is 2.02 bits per heavy atom. The van der Waals surface area contributed by atoms with Gasteiger partial charge in [0.2, 0.25) is 5.91 Å². The minimum absolute atomic E-state index is 0.0263. The van der Waals surface area contributed by atoms with E-state index in [0.717, 1.165) is 17.0 Å². The molecule has 16 atom stereocenters. The van der Waals surface area contributed by atoms with Gasteiger partial charge in [-0.25, -0.2) is 0 Å². The molecule has 0 aliphatic carbocycles. The van der Waals surface area contributed by atoms with Gasteiger partial charge in [-0.1, -0.05) is 18.2 Å². The third kappa shape index (κ3) is 8.37. The maximum Gasteiger partial charge on any atom is 0.307 e. The molecular formula is C43H47NO22. The number of hydrogen-bond donors (Lipinski definition) is 13. The predicted molar refractivity (Wildman–Crippen MR) is 217 cm³/mol. The number of benzene rings is 3. The van der Waals surface area contributed by atoms with E-state index in [9.17, 15) is 80.8 Å². The molecule has 0 bridgehead atoms. The van der Waals surface area contributed by atoms with E-state index in [0.29, 0.717) is 5.56 Å². The Balaban J connectivity index is 1.07. The van der Waals surface area contributed by atoms with Crippen LogP contribution in [0.1, 0.15) is 29.6 Å². The van der Waals surface area contributed by atoms with E-state index in [4.69, 9.17) is 28.1 Å². The molecule has 23 heteroatoms. The van der Waals surface area contributed by atoms with E-state index < -0.39 is 164 Å². The van der Waals surface area contributed by atoms with Crippen molar-refractivity contribution in [3.05, 3.63) is 82.0 Å². The van der Waals surface area contributed by atoms with E-state index in [1.165, 1.54) is 36.4 Å². The Morgan fingerprint density at radius 1 is 0.697 bits per heavy atom. The highest BCUT2D eigenvalue weighted by molar-refractivity contribution is 6.06. The van der Waals surface area contributed by atoms with Crippen molar-refractivity contribution < 1.29 is 104 Å². The van der Waals surface area contributed by atoms with Crippen LogP contribution in [0.25, 0.3) is 22.3 Å². The number of rotatable bonds is 11. The molecule has 0 radical (unpaired) electrons. The van der Waals surface area contributed by atoms with Gasteiger partial charge in [-0.2, -0.15) is 0 Å². The molecule has 4 aromatic rings. The normalized spacial score (nSPS) is 34.6. The van der Waals surface area contributed by atoms with Crippen LogP contribution in [0, 0.1) is 0 Å². The number of aromatic hydroxyl groups is 3. The minimum Gasteiger partial charge on any atom is -0.508 e. The zero-order valence-corrected chi connectivity index (χ0v) is 34.3. The average Bonchev–Trinajstić information content (AvgIpc) is 3.56. The first-order valence-corrected chi connectivity index (χ1v) is 20.6. The fourth-order valence-electron chi connectivity index (χ4n) is 8.73. The molecule has 1 amide bonds. The first-order chi connectivity index (χ1) is 31.4. The van der Waals surface area contributed by atoms with Crippen LogP contribution in [0.4, 0.5) is 5.69 Å². The maximum atomic E-state index is 14.0. The summed E-state index contributed by atoms with van der Waals surface area (Å²) in [7, 11) is 0. The van der Waals surface area contributed by atoms with Gasteiger partial charge in [0.05, 0.1) is 36.8 Å². The third-order valence-electron chi connectivity index (χ3n) is 12.3. The second kappa shape index (κ2) is 18.7. The first kappa shape index (κ1) is 47.2. The fraction of sp³-hybridized carbons (Fsp3) is 0.465. The van der Waals surface area contributed by atoms with Gasteiger partial charge in [-0.15, -0.1) is 0 Å². The number of phenols is 3. The van der Waals surface area contributed by atoms with Crippen molar-refractivity contribution in [1.82, 2.24) is 0 Å². The summed E-state index contributed by atoms with van der Waals surface area (Å²) < 4.78 is 34.3. The number of para-hydroxylation sites is 1. The summed E-state index contributed by atoms with van der Waals surface area (Å²) in [5.74, 6) is -5.05. The molecule has 1 unspecified atom stereocenters. The lowest BCUT2D eigenvalue weighted by Gasteiger charge is -2.46. The summed E-state index contributed by atoms with van der Waals surface area (Å²) in [4.78, 5) is 42.1. The molecule has 3 saturated heterocycles. The van der Waals surface area contributed by atoms with Crippen LogP contribution in [-0.2, 0) is 33.3 Å². The number of carbonyl (C=O) groups is 2. The molecule has 23 nitrogen and oxygen atoms in total. The van der Waals surface area contributed by atoms with Crippen molar-refractivity contribution in [1.29, 1.82) is 0 Å². The Hall–Kier alpha value is -5.35. The van der Waals surface area contributed by atoms with Crippen molar-refractivity contribution in [2.24, 2.45) is 0 Å². The molecule has 4 aliphatic heterocycles. The second-order valence-electron chi connectivity index (χ2n) is 16.4. The average molecular weight is 930 g/mol. The van der Waals surface area contributed by atoms with Crippen LogP contribution in [0.15, 0.2) is 69.9 Å². The largest absolute Gasteiger partial charge is 0.508 e. The maximum absolute atomic E-state index is 14.0. The number of nitrogens with zero attached hydrogens (tertiary/aromatic N) is 1. The molecular weight excluding hydrogens is 882 g/mol. The monoisotopic (exact) mass is 929 g/mol. The van der Waals surface area contributed by atoms with Gasteiger partial charge < -0.3 is 94.5 Å². The zero-order valence-electron chi connectivity index (χ0n) is 34.3. The predicted octanol–water partition coefficient (Wildman–Crippen LogP) is -3.21. The van der Waals surface area contributed by atoms with Crippen LogP contribution in [0.3, 0.4) is 0 Å². The van der Waals surface area contributed by atoms with Crippen molar-refractivity contribution >= 4 is 28.5 Å². The van der Waals surface area contributed by atoms with Crippen LogP contribution in [0.2, 0.25) is 0 Å². The molecule has 4 aliphatic rings. The summed E-state index contributed by atoms with van der Waals surface area (Å²) in [6, 6.07) is 13.6. The number of amides is 1. The molecule has 5 heterocycles. The van der Waals surface area contributed by atoms with Crippen molar-refractivity contribution in [3.63, 3.8) is 0 Å². The summed E-state index contributed by atoms with van der Waals surface area (Å²) >= 11 is 0. The topological polar surface area (TPSA) is 377 Å². The van der Waals surface area contributed by atoms with E-state index in [2.05, 4.69) is 0 Å². The van der Waals surface area contributed by atoms with E-state index in [1.54, 1.807) is 12.1 Å². The van der Waals surface area contributed by atoms with Crippen LogP contribution >= 0.6 is 0 Å².